The van der Waals surface area contributed by atoms with Crippen LogP contribution in [0, 0.1) is 0 Å². The Kier molecular flexibility index (Phi) is 3.71. The summed E-state index contributed by atoms with van der Waals surface area (Å²) in [6, 6.07) is 14.2. The summed E-state index contributed by atoms with van der Waals surface area (Å²) in [6.45, 7) is 0.777. The smallest absolute Gasteiger partial charge is 0.122 e. The summed E-state index contributed by atoms with van der Waals surface area (Å²) in [5.41, 5.74) is 7.85. The number of halogens is 1. The maximum Gasteiger partial charge on any atom is 0.122 e. The highest BCUT2D eigenvalue weighted by Crippen LogP contribution is 2.38. The van der Waals surface area contributed by atoms with E-state index in [0.717, 1.165) is 28.3 Å². The van der Waals surface area contributed by atoms with Crippen molar-refractivity contribution < 1.29 is 4.74 Å². The van der Waals surface area contributed by atoms with Gasteiger partial charge in [0, 0.05) is 32.3 Å². The van der Waals surface area contributed by atoms with E-state index in [1.165, 1.54) is 10.5 Å². The molecule has 0 aliphatic carbocycles. The molecule has 2 aromatic rings. The van der Waals surface area contributed by atoms with Crippen LogP contribution in [-0.2, 0) is 0 Å². The highest BCUT2D eigenvalue weighted by Gasteiger charge is 2.23. The van der Waals surface area contributed by atoms with Gasteiger partial charge in [-0.2, -0.15) is 0 Å². The molecule has 0 amide bonds. The van der Waals surface area contributed by atoms with Gasteiger partial charge in [-0.25, -0.2) is 0 Å². The molecule has 19 heavy (non-hydrogen) atoms. The van der Waals surface area contributed by atoms with Crippen LogP contribution in [0.1, 0.15) is 11.5 Å². The third-order valence-corrected chi connectivity index (χ3v) is 5.35. The fourth-order valence-electron chi connectivity index (χ4n) is 2.19. The molecular weight excluding hydrogens is 322 g/mol. The van der Waals surface area contributed by atoms with E-state index in [2.05, 4.69) is 34.1 Å². The molecule has 1 aliphatic rings. The predicted octanol–water partition coefficient (Wildman–Crippen LogP) is 4.30. The Morgan fingerprint density at radius 2 is 2.11 bits per heavy atom. The van der Waals surface area contributed by atoms with E-state index in [4.69, 9.17) is 10.5 Å². The molecule has 2 aromatic carbocycles. The molecule has 98 valence electrons. The standard InChI is InChI=1S/C15H14BrNOS/c16-13-7-11(17)5-6-15(13)19-9-10-8-18-14-4-2-1-3-12(10)14/h1-7,10H,8-9,17H2. The summed E-state index contributed by atoms with van der Waals surface area (Å²) in [4.78, 5) is 1.22. The second-order valence-corrected chi connectivity index (χ2v) is 6.46. The molecule has 1 unspecified atom stereocenters. The van der Waals surface area contributed by atoms with Crippen LogP contribution in [0.3, 0.4) is 0 Å². The van der Waals surface area contributed by atoms with Crippen LogP contribution in [0.5, 0.6) is 5.75 Å². The summed E-state index contributed by atoms with van der Waals surface area (Å²) < 4.78 is 6.76. The summed E-state index contributed by atoms with van der Waals surface area (Å²) in [7, 11) is 0. The van der Waals surface area contributed by atoms with Crippen molar-refractivity contribution in [3.63, 3.8) is 0 Å². The summed E-state index contributed by atoms with van der Waals surface area (Å²) in [5, 5.41) is 0. The second kappa shape index (κ2) is 5.47. The van der Waals surface area contributed by atoms with E-state index in [1.54, 1.807) is 0 Å². The molecule has 4 heteroatoms. The highest BCUT2D eigenvalue weighted by atomic mass is 79.9. The minimum Gasteiger partial charge on any atom is -0.493 e. The summed E-state index contributed by atoms with van der Waals surface area (Å²) in [6.07, 6.45) is 0. The molecule has 1 heterocycles. The van der Waals surface area contributed by atoms with Gasteiger partial charge >= 0.3 is 0 Å². The van der Waals surface area contributed by atoms with Crippen LogP contribution in [0.25, 0.3) is 0 Å². The molecule has 0 fully saturated rings. The zero-order valence-electron chi connectivity index (χ0n) is 10.3. The third-order valence-electron chi connectivity index (χ3n) is 3.19. The third kappa shape index (κ3) is 2.74. The van der Waals surface area contributed by atoms with E-state index in [9.17, 15) is 0 Å². The lowest BCUT2D eigenvalue weighted by atomic mass is 10.0. The minimum absolute atomic E-state index is 0.464. The molecule has 0 spiro atoms. The Morgan fingerprint density at radius 3 is 2.95 bits per heavy atom. The molecule has 2 N–H and O–H groups in total. The topological polar surface area (TPSA) is 35.2 Å². The van der Waals surface area contributed by atoms with Crippen molar-refractivity contribution in [2.45, 2.75) is 10.8 Å². The lowest BCUT2D eigenvalue weighted by molar-refractivity contribution is 0.339. The Morgan fingerprint density at radius 1 is 1.26 bits per heavy atom. The van der Waals surface area contributed by atoms with Crippen molar-refractivity contribution in [2.24, 2.45) is 0 Å². The van der Waals surface area contributed by atoms with Crippen LogP contribution in [0.15, 0.2) is 51.8 Å². The Labute approximate surface area is 125 Å². The zero-order chi connectivity index (χ0) is 13.2. The first kappa shape index (κ1) is 12.9. The summed E-state index contributed by atoms with van der Waals surface area (Å²) in [5.74, 6) is 2.51. The van der Waals surface area contributed by atoms with Gasteiger partial charge in [-0.05, 0) is 40.2 Å². The van der Waals surface area contributed by atoms with Gasteiger partial charge in [-0.15, -0.1) is 11.8 Å². The lowest BCUT2D eigenvalue weighted by Gasteiger charge is -2.10. The van der Waals surface area contributed by atoms with Crippen molar-refractivity contribution in [2.75, 3.05) is 18.1 Å². The molecule has 0 saturated carbocycles. The monoisotopic (exact) mass is 335 g/mol. The van der Waals surface area contributed by atoms with Gasteiger partial charge in [0.05, 0.1) is 6.61 Å². The van der Waals surface area contributed by atoms with Gasteiger partial charge in [0.25, 0.3) is 0 Å². The molecule has 1 aliphatic heterocycles. The van der Waals surface area contributed by atoms with E-state index >= 15 is 0 Å². The molecule has 0 bridgehead atoms. The summed E-state index contributed by atoms with van der Waals surface area (Å²) >= 11 is 5.39. The maximum absolute atomic E-state index is 5.75. The van der Waals surface area contributed by atoms with Crippen molar-refractivity contribution in [1.29, 1.82) is 0 Å². The van der Waals surface area contributed by atoms with Crippen LogP contribution < -0.4 is 10.5 Å². The van der Waals surface area contributed by atoms with Gasteiger partial charge < -0.3 is 10.5 Å². The molecular formula is C15H14BrNOS. The van der Waals surface area contributed by atoms with Gasteiger partial charge in [-0.3, -0.25) is 0 Å². The van der Waals surface area contributed by atoms with E-state index in [0.29, 0.717) is 5.92 Å². The Bertz CT molecular complexity index is 602. The first-order chi connectivity index (χ1) is 9.24. The van der Waals surface area contributed by atoms with E-state index in [-0.39, 0.29) is 0 Å². The first-order valence-electron chi connectivity index (χ1n) is 6.13. The zero-order valence-corrected chi connectivity index (χ0v) is 12.7. The van der Waals surface area contributed by atoms with Crippen molar-refractivity contribution in [3.05, 3.63) is 52.5 Å². The van der Waals surface area contributed by atoms with Crippen LogP contribution in [-0.4, -0.2) is 12.4 Å². The average molecular weight is 336 g/mol. The number of hydrogen-bond donors (Lipinski definition) is 1. The maximum atomic E-state index is 5.75. The van der Waals surface area contributed by atoms with Crippen LogP contribution >= 0.6 is 27.7 Å². The average Bonchev–Trinajstić information content (AvgIpc) is 2.81. The molecule has 0 radical (unpaired) electrons. The highest BCUT2D eigenvalue weighted by molar-refractivity contribution is 9.10. The number of rotatable bonds is 3. The molecule has 0 saturated heterocycles. The first-order valence-corrected chi connectivity index (χ1v) is 7.91. The largest absolute Gasteiger partial charge is 0.493 e. The number of hydrogen-bond acceptors (Lipinski definition) is 3. The number of anilines is 1. The number of ether oxygens (including phenoxy) is 1. The Balaban J connectivity index is 1.71. The number of thioether (sulfide) groups is 1. The van der Waals surface area contributed by atoms with Gasteiger partial charge in [0.1, 0.15) is 5.75 Å². The molecule has 1 atom stereocenters. The number of nitrogens with two attached hydrogens (primary N) is 1. The fourth-order valence-corrected chi connectivity index (χ4v) is 3.95. The second-order valence-electron chi connectivity index (χ2n) is 4.55. The number of benzene rings is 2. The number of para-hydroxylation sites is 1. The van der Waals surface area contributed by atoms with E-state index in [1.807, 2.05) is 36.0 Å². The number of nitrogen functional groups attached to an aromatic ring is 1. The lowest BCUT2D eigenvalue weighted by Crippen LogP contribution is -2.03. The predicted molar refractivity (Wildman–Crippen MR) is 84.0 cm³/mol. The quantitative estimate of drug-likeness (QED) is 0.670. The molecule has 2 nitrogen and oxygen atoms in total. The van der Waals surface area contributed by atoms with Gasteiger partial charge in [-0.1, -0.05) is 18.2 Å². The number of fused-ring (bicyclic) bond motifs is 1. The van der Waals surface area contributed by atoms with Crippen molar-refractivity contribution in [1.82, 2.24) is 0 Å². The fraction of sp³-hybridized carbons (Fsp3) is 0.200. The van der Waals surface area contributed by atoms with Crippen LogP contribution in [0.4, 0.5) is 5.69 Å². The normalized spacial score (nSPS) is 17.0. The van der Waals surface area contributed by atoms with E-state index < -0.39 is 0 Å². The molecule has 3 rings (SSSR count). The minimum atomic E-state index is 0.464. The Hall–Kier alpha value is -1.13. The van der Waals surface area contributed by atoms with Gasteiger partial charge in [0.2, 0.25) is 0 Å². The van der Waals surface area contributed by atoms with Crippen LogP contribution in [0.2, 0.25) is 0 Å². The van der Waals surface area contributed by atoms with Crippen molar-refractivity contribution in [3.8, 4) is 5.75 Å². The molecule has 0 aromatic heterocycles. The SMILES string of the molecule is Nc1ccc(SCC2COc3ccccc32)c(Br)c1. The van der Waals surface area contributed by atoms with Crippen molar-refractivity contribution >= 4 is 33.4 Å². The van der Waals surface area contributed by atoms with Gasteiger partial charge in [0.15, 0.2) is 0 Å².